The van der Waals surface area contributed by atoms with Crippen LogP contribution < -0.4 is 40.9 Å². The third-order valence-corrected chi connectivity index (χ3v) is 5.82. The molecule has 16 nitrogen and oxygen atoms in total. The van der Waals surface area contributed by atoms with Crippen molar-refractivity contribution < 1.29 is 121 Å². The van der Waals surface area contributed by atoms with Gasteiger partial charge in [0.2, 0.25) is 0 Å². The van der Waals surface area contributed by atoms with E-state index in [1.165, 1.54) is 0 Å². The molecule has 2 aliphatic rings. The number of carbonyl (C=O) groups excluding carboxylic acids is 8. The molecular weight excluding hydrogens is 862 g/mol. The summed E-state index contributed by atoms with van der Waals surface area (Å²) >= 11 is 0. The SMILES string of the molecule is O=C([O-])C1CC(C(=O)[O-])C(C(=O)[O-])C1C(=O)[O-].O=C([O-])C1CC(C(=O)[O-])C(C(=O)[O-])C1C(=O)[O-].[Pt+4].[Pt+4]. The molecule has 2 fully saturated rings. The summed E-state index contributed by atoms with van der Waals surface area (Å²) in [6.07, 6.45) is -1.38. The van der Waals surface area contributed by atoms with E-state index in [1.54, 1.807) is 0 Å². The molecule has 0 aromatic carbocycles. The minimum absolute atomic E-state index is 0. The van der Waals surface area contributed by atoms with Crippen molar-refractivity contribution in [1.29, 1.82) is 0 Å². The molecule has 0 saturated heterocycles. The number of aliphatic carboxylic acids is 8. The standard InChI is InChI=1S/2C9H10O8.2Pt/c2*10-6(11)2-1-3(7(12)13)5(9(16)17)4(2)8(14)15;;/h2*2-5H,1H2,(H,10,11)(H,12,13)(H,14,15)(H,16,17);;/q;;2*+4/p-8. The Kier molecular flexibility index (Phi) is 13.7. The van der Waals surface area contributed by atoms with Crippen LogP contribution in [0.5, 0.6) is 0 Å². The smallest absolute Gasteiger partial charge is 0.550 e. The van der Waals surface area contributed by atoms with Crippen LogP contribution in [0.15, 0.2) is 0 Å². The Morgan fingerprint density at radius 1 is 0.333 bits per heavy atom. The van der Waals surface area contributed by atoms with Crippen LogP contribution in [0, 0.1) is 47.3 Å². The topological polar surface area (TPSA) is 321 Å². The van der Waals surface area contributed by atoms with Gasteiger partial charge in [-0.1, -0.05) is 0 Å². The zero-order valence-electron chi connectivity index (χ0n) is 17.2. The molecule has 0 heterocycles. The van der Waals surface area contributed by atoms with Crippen LogP contribution in [-0.2, 0) is 80.5 Å². The van der Waals surface area contributed by atoms with Gasteiger partial charge in [-0.25, -0.2) is 0 Å². The Labute approximate surface area is 228 Å². The van der Waals surface area contributed by atoms with Gasteiger partial charge in [-0.05, 0) is 12.8 Å². The van der Waals surface area contributed by atoms with E-state index < -0.39 is 108 Å². The number of hydrogen-bond donors (Lipinski definition) is 0. The van der Waals surface area contributed by atoms with Crippen molar-refractivity contribution >= 4 is 47.8 Å². The first-order valence-corrected chi connectivity index (χ1v) is 9.21. The van der Waals surface area contributed by atoms with Crippen molar-refractivity contribution in [2.24, 2.45) is 47.3 Å². The Hall–Kier alpha value is -2.86. The fraction of sp³-hybridized carbons (Fsp3) is 0.556. The van der Waals surface area contributed by atoms with E-state index in [0.717, 1.165) is 0 Å². The third-order valence-electron chi connectivity index (χ3n) is 5.82. The third kappa shape index (κ3) is 7.57. The minimum Gasteiger partial charge on any atom is -0.550 e. The second-order valence-electron chi connectivity index (χ2n) is 7.55. The van der Waals surface area contributed by atoms with Gasteiger partial charge < -0.3 is 79.2 Å². The molecule has 36 heavy (non-hydrogen) atoms. The van der Waals surface area contributed by atoms with Crippen LogP contribution in [0.3, 0.4) is 0 Å². The summed E-state index contributed by atoms with van der Waals surface area (Å²) in [7, 11) is 0. The second kappa shape index (κ2) is 14.0. The van der Waals surface area contributed by atoms with Crippen molar-refractivity contribution in [3.05, 3.63) is 0 Å². The van der Waals surface area contributed by atoms with Gasteiger partial charge in [0.15, 0.2) is 0 Å². The first-order chi connectivity index (χ1) is 15.5. The second-order valence-corrected chi connectivity index (χ2v) is 7.55. The molecule has 200 valence electrons. The van der Waals surface area contributed by atoms with Crippen molar-refractivity contribution in [2.75, 3.05) is 0 Å². The fourth-order valence-electron chi connectivity index (χ4n) is 4.35. The van der Waals surface area contributed by atoms with Crippen molar-refractivity contribution in [1.82, 2.24) is 0 Å². The molecule has 0 amide bonds. The van der Waals surface area contributed by atoms with Crippen LogP contribution in [0.2, 0.25) is 0 Å². The zero-order valence-corrected chi connectivity index (χ0v) is 21.7. The summed E-state index contributed by atoms with van der Waals surface area (Å²) in [6.45, 7) is 0. The van der Waals surface area contributed by atoms with Gasteiger partial charge in [0.25, 0.3) is 0 Å². The van der Waals surface area contributed by atoms with E-state index in [-0.39, 0.29) is 42.1 Å². The van der Waals surface area contributed by atoms with Crippen LogP contribution in [0.25, 0.3) is 0 Å². The van der Waals surface area contributed by atoms with Crippen molar-refractivity contribution in [3.8, 4) is 0 Å². The summed E-state index contributed by atoms with van der Waals surface area (Å²) in [6, 6.07) is 0. The molecule has 0 bridgehead atoms. The first-order valence-electron chi connectivity index (χ1n) is 9.21. The van der Waals surface area contributed by atoms with Gasteiger partial charge in [0.05, 0.1) is 0 Å². The van der Waals surface area contributed by atoms with E-state index in [0.29, 0.717) is 0 Å². The molecule has 0 spiro atoms. The quantitative estimate of drug-likeness (QED) is 0.219. The largest absolute Gasteiger partial charge is 4.00 e. The molecular formula is C18H12O16Pt2. The molecule has 8 unspecified atom stereocenters. The molecule has 2 aliphatic carbocycles. The van der Waals surface area contributed by atoms with Gasteiger partial charge in [0, 0.05) is 95.1 Å². The average molecular weight is 874 g/mol. The monoisotopic (exact) mass is 874 g/mol. The van der Waals surface area contributed by atoms with Crippen LogP contribution in [0.4, 0.5) is 0 Å². The predicted molar refractivity (Wildman–Crippen MR) is 77.2 cm³/mol. The van der Waals surface area contributed by atoms with Gasteiger partial charge in [-0.3, -0.25) is 0 Å². The molecule has 0 aromatic rings. The maximum Gasteiger partial charge on any atom is 4.00 e. The normalized spacial score (nSPS) is 30.2. The summed E-state index contributed by atoms with van der Waals surface area (Å²) in [5.41, 5.74) is 0. The molecule has 0 aliphatic heterocycles. The number of hydrogen-bond acceptors (Lipinski definition) is 16. The van der Waals surface area contributed by atoms with E-state index >= 15 is 0 Å². The molecule has 2 rings (SSSR count). The molecule has 2 saturated carbocycles. The van der Waals surface area contributed by atoms with E-state index in [9.17, 15) is 79.2 Å². The molecule has 0 N–H and O–H groups in total. The van der Waals surface area contributed by atoms with Crippen LogP contribution in [0.1, 0.15) is 12.8 Å². The van der Waals surface area contributed by atoms with Gasteiger partial charge in [-0.2, -0.15) is 0 Å². The molecule has 18 heteroatoms. The first kappa shape index (κ1) is 35.3. The number of carboxylic acid groups (broad SMARTS) is 8. The number of carboxylic acids is 8. The summed E-state index contributed by atoms with van der Waals surface area (Å²) in [5, 5.41) is 85.3. The number of rotatable bonds is 8. The molecule has 0 radical (unpaired) electrons. The average Bonchev–Trinajstić information content (AvgIpc) is 3.28. The Bertz CT molecular complexity index is 786. The van der Waals surface area contributed by atoms with Crippen molar-refractivity contribution in [2.45, 2.75) is 12.8 Å². The van der Waals surface area contributed by atoms with Gasteiger partial charge in [0.1, 0.15) is 0 Å². The Morgan fingerprint density at radius 2 is 0.472 bits per heavy atom. The number of carbonyl (C=O) groups is 8. The predicted octanol–water partition coefficient (Wildman–Crippen LogP) is -12.3. The van der Waals surface area contributed by atoms with Crippen molar-refractivity contribution in [3.63, 3.8) is 0 Å². The van der Waals surface area contributed by atoms with Crippen LogP contribution in [-0.4, -0.2) is 47.8 Å². The summed E-state index contributed by atoms with van der Waals surface area (Å²) in [5.74, 6) is -30.1. The summed E-state index contributed by atoms with van der Waals surface area (Å²) in [4.78, 5) is 85.3. The maximum atomic E-state index is 10.7. The zero-order chi connectivity index (χ0) is 26.7. The Balaban J connectivity index is 0. The van der Waals surface area contributed by atoms with E-state index in [2.05, 4.69) is 0 Å². The van der Waals surface area contributed by atoms with E-state index in [4.69, 9.17) is 0 Å². The minimum atomic E-state index is -1.99. The van der Waals surface area contributed by atoms with Gasteiger partial charge >= 0.3 is 42.1 Å². The van der Waals surface area contributed by atoms with Crippen LogP contribution >= 0.6 is 0 Å². The van der Waals surface area contributed by atoms with Gasteiger partial charge in [-0.15, -0.1) is 0 Å². The maximum absolute atomic E-state index is 10.7. The fourth-order valence-corrected chi connectivity index (χ4v) is 4.35. The Morgan fingerprint density at radius 3 is 0.556 bits per heavy atom. The van der Waals surface area contributed by atoms with E-state index in [1.807, 2.05) is 0 Å². The molecule has 0 aromatic heterocycles. The summed E-state index contributed by atoms with van der Waals surface area (Å²) < 4.78 is 0. The molecule has 8 atom stereocenters.